The van der Waals surface area contributed by atoms with Crippen molar-refractivity contribution >= 4 is 9.84 Å². The van der Waals surface area contributed by atoms with Crippen LogP contribution in [0.3, 0.4) is 0 Å². The molecule has 2 unspecified atom stereocenters. The maximum atomic E-state index is 12.4. The molecular weight excluding hydrogens is 250 g/mol. The van der Waals surface area contributed by atoms with Crippen molar-refractivity contribution in [3.8, 4) is 5.75 Å². The normalized spacial score (nSPS) is 25.5. The fourth-order valence-corrected chi connectivity index (χ4v) is 4.32. The molecule has 5 heteroatoms. The summed E-state index contributed by atoms with van der Waals surface area (Å²) in [5.74, 6) is 0.446. The highest BCUT2D eigenvalue weighted by Gasteiger charge is 2.38. The first-order valence-corrected chi connectivity index (χ1v) is 7.71. The molecular formula is C13H19NO3S. The van der Waals surface area contributed by atoms with Crippen LogP contribution in [-0.4, -0.2) is 27.3 Å². The average Bonchev–Trinajstić information content (AvgIpc) is 2.35. The number of benzene rings is 1. The summed E-state index contributed by atoms with van der Waals surface area (Å²) >= 11 is 0. The van der Waals surface area contributed by atoms with Crippen LogP contribution in [-0.2, 0) is 9.84 Å². The van der Waals surface area contributed by atoms with Crippen LogP contribution in [0.1, 0.15) is 31.9 Å². The second-order valence-electron chi connectivity index (χ2n) is 4.58. The molecule has 1 aromatic carbocycles. The molecule has 1 aromatic rings. The number of methoxy groups -OCH3 is 1. The Hall–Kier alpha value is -1.07. The number of fused-ring (bicyclic) bond motifs is 1. The first-order chi connectivity index (χ1) is 8.52. The summed E-state index contributed by atoms with van der Waals surface area (Å²) in [5, 5.41) is 2.96. The van der Waals surface area contributed by atoms with E-state index >= 15 is 0 Å². The van der Waals surface area contributed by atoms with Gasteiger partial charge in [0, 0.05) is 6.04 Å². The molecule has 0 saturated heterocycles. The van der Waals surface area contributed by atoms with Gasteiger partial charge in [-0.25, -0.2) is 8.42 Å². The molecule has 0 fully saturated rings. The monoisotopic (exact) mass is 269 g/mol. The number of nitrogens with one attached hydrogen (secondary N) is 1. The molecule has 1 aliphatic heterocycles. The highest BCUT2D eigenvalue weighted by molar-refractivity contribution is 7.92. The number of hydrogen-bond acceptors (Lipinski definition) is 4. The van der Waals surface area contributed by atoms with Crippen LogP contribution in [0.5, 0.6) is 5.75 Å². The van der Waals surface area contributed by atoms with E-state index in [4.69, 9.17) is 4.74 Å². The molecule has 0 amide bonds. The molecule has 2 atom stereocenters. The van der Waals surface area contributed by atoms with Gasteiger partial charge in [-0.2, -0.15) is 0 Å². The van der Waals surface area contributed by atoms with Gasteiger partial charge in [0.1, 0.15) is 10.6 Å². The van der Waals surface area contributed by atoms with Crippen LogP contribution in [0.25, 0.3) is 0 Å². The van der Waals surface area contributed by atoms with Gasteiger partial charge in [0.25, 0.3) is 0 Å². The van der Waals surface area contributed by atoms with E-state index < -0.39 is 9.84 Å². The zero-order valence-corrected chi connectivity index (χ0v) is 11.8. The molecule has 1 heterocycles. The molecule has 1 N–H and O–H groups in total. The van der Waals surface area contributed by atoms with Gasteiger partial charge in [0.15, 0.2) is 9.84 Å². The molecule has 2 rings (SSSR count). The molecule has 0 radical (unpaired) electrons. The zero-order chi connectivity index (χ0) is 13.3. The summed E-state index contributed by atoms with van der Waals surface area (Å²) in [5.41, 5.74) is 0.828. The van der Waals surface area contributed by atoms with Crippen LogP contribution in [0.2, 0.25) is 0 Å². The fraction of sp³-hybridized carbons (Fsp3) is 0.538. The third kappa shape index (κ3) is 2.01. The van der Waals surface area contributed by atoms with Crippen molar-refractivity contribution in [1.82, 2.24) is 5.32 Å². The maximum Gasteiger partial charge on any atom is 0.185 e. The van der Waals surface area contributed by atoms with Crippen molar-refractivity contribution in [3.05, 3.63) is 23.8 Å². The standard InChI is InChI=1S/C13H19NO3S/c1-4-14-11-8-9(2)18(15,16)13-10(11)6-5-7-12(13)17-3/h5-7,9,11,14H,4,8H2,1-3H3. The van der Waals surface area contributed by atoms with Gasteiger partial charge >= 0.3 is 0 Å². The minimum atomic E-state index is -3.28. The van der Waals surface area contributed by atoms with Crippen LogP contribution in [0, 0.1) is 0 Å². The molecule has 0 saturated carbocycles. The summed E-state index contributed by atoms with van der Waals surface area (Å²) in [4.78, 5) is 0.359. The number of rotatable bonds is 3. The predicted octanol–water partition coefficient (Wildman–Crippen LogP) is 1.91. The van der Waals surface area contributed by atoms with Gasteiger partial charge in [-0.05, 0) is 31.5 Å². The second-order valence-corrected chi connectivity index (χ2v) is 6.88. The lowest BCUT2D eigenvalue weighted by Gasteiger charge is -2.31. The lowest BCUT2D eigenvalue weighted by Crippen LogP contribution is -2.34. The lowest BCUT2D eigenvalue weighted by molar-refractivity contribution is 0.392. The Morgan fingerprint density at radius 2 is 2.17 bits per heavy atom. The summed E-state index contributed by atoms with van der Waals surface area (Å²) < 4.78 is 30.1. The predicted molar refractivity (Wildman–Crippen MR) is 70.7 cm³/mol. The van der Waals surface area contributed by atoms with Crippen molar-refractivity contribution in [1.29, 1.82) is 0 Å². The molecule has 0 aliphatic carbocycles. The summed E-state index contributed by atoms with van der Waals surface area (Å²) in [6, 6.07) is 5.50. The Labute approximate surface area is 108 Å². The third-order valence-electron chi connectivity index (χ3n) is 3.44. The van der Waals surface area contributed by atoms with Crippen molar-refractivity contribution < 1.29 is 13.2 Å². The molecule has 18 heavy (non-hydrogen) atoms. The van der Waals surface area contributed by atoms with E-state index in [0.29, 0.717) is 17.1 Å². The van der Waals surface area contributed by atoms with Gasteiger partial charge in [-0.3, -0.25) is 0 Å². The first-order valence-electron chi connectivity index (χ1n) is 6.16. The van der Waals surface area contributed by atoms with E-state index in [0.717, 1.165) is 12.1 Å². The second kappa shape index (κ2) is 4.90. The molecule has 0 spiro atoms. The minimum absolute atomic E-state index is 0.0821. The Morgan fingerprint density at radius 3 is 2.78 bits per heavy atom. The molecule has 100 valence electrons. The Morgan fingerprint density at radius 1 is 1.44 bits per heavy atom. The maximum absolute atomic E-state index is 12.4. The van der Waals surface area contributed by atoms with E-state index in [1.807, 2.05) is 19.1 Å². The van der Waals surface area contributed by atoms with Gasteiger partial charge < -0.3 is 10.1 Å². The molecule has 4 nitrogen and oxygen atoms in total. The molecule has 1 aliphatic rings. The van der Waals surface area contributed by atoms with Gasteiger partial charge in [-0.15, -0.1) is 0 Å². The van der Waals surface area contributed by atoms with Crippen molar-refractivity contribution in [2.24, 2.45) is 0 Å². The topological polar surface area (TPSA) is 55.4 Å². The summed E-state index contributed by atoms with van der Waals surface area (Å²) in [6.45, 7) is 4.59. The Balaban J connectivity index is 2.65. The van der Waals surface area contributed by atoms with Crippen molar-refractivity contribution in [2.75, 3.05) is 13.7 Å². The average molecular weight is 269 g/mol. The van der Waals surface area contributed by atoms with E-state index in [2.05, 4.69) is 5.32 Å². The SMILES string of the molecule is CCNC1CC(C)S(=O)(=O)c2c(OC)cccc21. The van der Waals surface area contributed by atoms with Crippen molar-refractivity contribution in [2.45, 2.75) is 36.5 Å². The minimum Gasteiger partial charge on any atom is -0.495 e. The number of sulfone groups is 1. The van der Waals surface area contributed by atoms with Crippen LogP contribution >= 0.6 is 0 Å². The Kier molecular flexibility index (Phi) is 3.64. The molecule has 0 aromatic heterocycles. The van der Waals surface area contributed by atoms with Gasteiger partial charge in [0.05, 0.1) is 12.4 Å². The van der Waals surface area contributed by atoms with Crippen LogP contribution < -0.4 is 10.1 Å². The summed E-state index contributed by atoms with van der Waals surface area (Å²) in [6.07, 6.45) is 0.607. The highest BCUT2D eigenvalue weighted by atomic mass is 32.2. The summed E-state index contributed by atoms with van der Waals surface area (Å²) in [7, 11) is -1.77. The fourth-order valence-electron chi connectivity index (χ4n) is 2.50. The van der Waals surface area contributed by atoms with E-state index in [1.54, 1.807) is 13.0 Å². The third-order valence-corrected chi connectivity index (χ3v) is 5.69. The number of ether oxygens (including phenoxy) is 1. The van der Waals surface area contributed by atoms with E-state index in [-0.39, 0.29) is 11.3 Å². The zero-order valence-electron chi connectivity index (χ0n) is 10.9. The quantitative estimate of drug-likeness (QED) is 0.910. The van der Waals surface area contributed by atoms with Crippen molar-refractivity contribution in [3.63, 3.8) is 0 Å². The molecule has 0 bridgehead atoms. The van der Waals surface area contributed by atoms with E-state index in [1.165, 1.54) is 7.11 Å². The smallest absolute Gasteiger partial charge is 0.185 e. The van der Waals surface area contributed by atoms with Crippen LogP contribution in [0.4, 0.5) is 0 Å². The number of hydrogen-bond donors (Lipinski definition) is 1. The van der Waals surface area contributed by atoms with Gasteiger partial charge in [-0.1, -0.05) is 19.1 Å². The van der Waals surface area contributed by atoms with Gasteiger partial charge in [0.2, 0.25) is 0 Å². The largest absolute Gasteiger partial charge is 0.495 e. The van der Waals surface area contributed by atoms with Crippen LogP contribution in [0.15, 0.2) is 23.1 Å². The highest BCUT2D eigenvalue weighted by Crippen LogP contribution is 2.40. The first kappa shape index (κ1) is 13.4. The lowest BCUT2D eigenvalue weighted by atomic mass is 10.0. The Bertz CT molecular complexity index is 539. The van der Waals surface area contributed by atoms with E-state index in [9.17, 15) is 8.42 Å².